The number of methoxy groups -OCH3 is 1. The van der Waals surface area contributed by atoms with Crippen LogP contribution in [0.15, 0.2) is 47.4 Å². The molecular weight excluding hydrogens is 332 g/mol. The van der Waals surface area contributed by atoms with E-state index >= 15 is 0 Å². The Balaban J connectivity index is 1.64. The summed E-state index contributed by atoms with van der Waals surface area (Å²) < 4.78 is 6.37. The number of carbonyl (C=O) groups excluding carboxylic acids is 1. The number of nitriles is 1. The van der Waals surface area contributed by atoms with Crippen molar-refractivity contribution in [2.45, 2.75) is 6.54 Å². The molecule has 0 saturated carbocycles. The lowest BCUT2D eigenvalue weighted by molar-refractivity contribution is -0.132. The monoisotopic (exact) mass is 352 g/mol. The summed E-state index contributed by atoms with van der Waals surface area (Å²) in [4.78, 5) is 28.6. The minimum absolute atomic E-state index is 0.00911. The van der Waals surface area contributed by atoms with Crippen molar-refractivity contribution in [2.24, 2.45) is 0 Å². The van der Waals surface area contributed by atoms with Crippen molar-refractivity contribution in [1.29, 1.82) is 5.26 Å². The average molecular weight is 352 g/mol. The largest absolute Gasteiger partial charge is 0.491 e. The van der Waals surface area contributed by atoms with Gasteiger partial charge in [-0.3, -0.25) is 9.59 Å². The van der Waals surface area contributed by atoms with E-state index in [1.54, 1.807) is 29.3 Å². The molecule has 0 spiro atoms. The van der Waals surface area contributed by atoms with Gasteiger partial charge in [0.15, 0.2) is 5.75 Å². The fraction of sp³-hybridized carbons (Fsp3) is 0.316. The molecule has 2 heterocycles. The van der Waals surface area contributed by atoms with Gasteiger partial charge in [-0.05, 0) is 24.3 Å². The van der Waals surface area contributed by atoms with Crippen LogP contribution in [0.3, 0.4) is 0 Å². The lowest BCUT2D eigenvalue weighted by Crippen LogP contribution is -2.50. The van der Waals surface area contributed by atoms with Crippen LogP contribution in [0.1, 0.15) is 5.56 Å². The zero-order valence-electron chi connectivity index (χ0n) is 14.6. The van der Waals surface area contributed by atoms with Gasteiger partial charge in [-0.2, -0.15) is 5.26 Å². The van der Waals surface area contributed by atoms with Crippen LogP contribution in [0, 0.1) is 11.3 Å². The summed E-state index contributed by atoms with van der Waals surface area (Å²) in [5, 5.41) is 9.24. The van der Waals surface area contributed by atoms with E-state index in [4.69, 9.17) is 4.74 Å². The Morgan fingerprint density at radius 2 is 1.88 bits per heavy atom. The van der Waals surface area contributed by atoms with Crippen molar-refractivity contribution in [1.82, 2.24) is 9.47 Å². The van der Waals surface area contributed by atoms with Crippen molar-refractivity contribution >= 4 is 11.6 Å². The van der Waals surface area contributed by atoms with E-state index < -0.39 is 0 Å². The molecule has 1 saturated heterocycles. The third-order valence-electron chi connectivity index (χ3n) is 4.51. The van der Waals surface area contributed by atoms with Gasteiger partial charge in [-0.25, -0.2) is 0 Å². The fourth-order valence-corrected chi connectivity index (χ4v) is 3.08. The van der Waals surface area contributed by atoms with E-state index in [9.17, 15) is 14.9 Å². The lowest BCUT2D eigenvalue weighted by atomic mass is 10.1. The quantitative estimate of drug-likeness (QED) is 0.823. The Morgan fingerprint density at radius 1 is 1.15 bits per heavy atom. The Morgan fingerprint density at radius 3 is 2.58 bits per heavy atom. The average Bonchev–Trinajstić information content (AvgIpc) is 2.69. The highest BCUT2D eigenvalue weighted by atomic mass is 16.5. The Kier molecular flexibility index (Phi) is 5.23. The molecule has 0 unspecified atom stereocenters. The summed E-state index contributed by atoms with van der Waals surface area (Å²) in [6.07, 6.45) is 1.59. The number of nitrogens with zero attached hydrogens (tertiary/aromatic N) is 4. The van der Waals surface area contributed by atoms with Crippen LogP contribution in [-0.2, 0) is 11.3 Å². The van der Waals surface area contributed by atoms with Gasteiger partial charge in [0.2, 0.25) is 5.91 Å². The normalized spacial score (nSPS) is 14.0. The number of carbonyl (C=O) groups is 1. The van der Waals surface area contributed by atoms with Crippen LogP contribution >= 0.6 is 0 Å². The molecule has 0 N–H and O–H groups in total. The number of ether oxygens (including phenoxy) is 1. The predicted octanol–water partition coefficient (Wildman–Crippen LogP) is 1.08. The van der Waals surface area contributed by atoms with E-state index in [1.807, 2.05) is 18.2 Å². The van der Waals surface area contributed by atoms with Gasteiger partial charge >= 0.3 is 0 Å². The SMILES string of the molecule is COc1cccn(CC(=O)N2CCN(c3ccccc3C#N)CC2)c1=O. The molecule has 7 heteroatoms. The summed E-state index contributed by atoms with van der Waals surface area (Å²) in [5.41, 5.74) is 1.21. The summed E-state index contributed by atoms with van der Waals surface area (Å²) in [6, 6.07) is 12.9. The van der Waals surface area contributed by atoms with Gasteiger partial charge < -0.3 is 19.1 Å². The highest BCUT2D eigenvalue weighted by Crippen LogP contribution is 2.21. The molecule has 1 fully saturated rings. The van der Waals surface area contributed by atoms with E-state index in [0.29, 0.717) is 31.7 Å². The van der Waals surface area contributed by atoms with Crippen molar-refractivity contribution in [3.05, 3.63) is 58.5 Å². The van der Waals surface area contributed by atoms with Gasteiger partial charge in [0.25, 0.3) is 5.56 Å². The number of hydrogen-bond acceptors (Lipinski definition) is 5. The molecule has 1 aliphatic heterocycles. The van der Waals surface area contributed by atoms with E-state index in [-0.39, 0.29) is 23.8 Å². The van der Waals surface area contributed by atoms with Crippen molar-refractivity contribution in [3.8, 4) is 11.8 Å². The molecule has 0 aliphatic carbocycles. The maximum absolute atomic E-state index is 12.5. The highest BCUT2D eigenvalue weighted by molar-refractivity contribution is 5.76. The van der Waals surface area contributed by atoms with Crippen molar-refractivity contribution in [2.75, 3.05) is 38.2 Å². The second-order valence-corrected chi connectivity index (χ2v) is 6.01. The maximum Gasteiger partial charge on any atom is 0.293 e. The number of benzene rings is 1. The van der Waals surface area contributed by atoms with E-state index in [1.165, 1.54) is 11.7 Å². The summed E-state index contributed by atoms with van der Waals surface area (Å²) >= 11 is 0. The zero-order valence-corrected chi connectivity index (χ0v) is 14.6. The molecule has 3 rings (SSSR count). The van der Waals surface area contributed by atoms with Crippen LogP contribution in [0.25, 0.3) is 0 Å². The molecule has 2 aromatic rings. The number of hydrogen-bond donors (Lipinski definition) is 0. The summed E-state index contributed by atoms with van der Waals surface area (Å²) in [5.74, 6) is 0.117. The first-order valence-electron chi connectivity index (χ1n) is 8.39. The zero-order chi connectivity index (χ0) is 18.5. The topological polar surface area (TPSA) is 78.6 Å². The molecule has 1 amide bonds. The standard InChI is InChI=1S/C19H20N4O3/c1-26-17-7-4-8-23(19(17)25)14-18(24)22-11-9-21(10-12-22)16-6-3-2-5-15(16)13-20/h2-8H,9-12,14H2,1H3. The van der Waals surface area contributed by atoms with E-state index in [2.05, 4.69) is 11.0 Å². The number of amides is 1. The van der Waals surface area contributed by atoms with Crippen LogP contribution < -0.4 is 15.2 Å². The smallest absolute Gasteiger partial charge is 0.293 e. The second kappa shape index (κ2) is 7.74. The lowest BCUT2D eigenvalue weighted by Gasteiger charge is -2.36. The first kappa shape index (κ1) is 17.5. The molecule has 26 heavy (non-hydrogen) atoms. The number of anilines is 1. The van der Waals surface area contributed by atoms with E-state index in [0.717, 1.165) is 5.69 Å². The molecule has 7 nitrogen and oxygen atoms in total. The molecule has 0 radical (unpaired) electrons. The first-order chi connectivity index (χ1) is 12.6. The summed E-state index contributed by atoms with van der Waals surface area (Å²) in [6.45, 7) is 2.40. The molecule has 0 atom stereocenters. The Hall–Kier alpha value is -3.27. The van der Waals surface area contributed by atoms with Gasteiger partial charge in [-0.1, -0.05) is 12.1 Å². The third-order valence-corrected chi connectivity index (χ3v) is 4.51. The van der Waals surface area contributed by atoms with Gasteiger partial charge in [0.1, 0.15) is 12.6 Å². The number of rotatable bonds is 4. The fourth-order valence-electron chi connectivity index (χ4n) is 3.08. The number of para-hydroxylation sites is 1. The summed E-state index contributed by atoms with van der Waals surface area (Å²) in [7, 11) is 1.43. The molecular formula is C19H20N4O3. The number of pyridine rings is 1. The maximum atomic E-state index is 12.5. The van der Waals surface area contributed by atoms with Crippen LogP contribution in [0.4, 0.5) is 5.69 Å². The number of aromatic nitrogens is 1. The van der Waals surface area contributed by atoms with Gasteiger partial charge in [0, 0.05) is 32.4 Å². The van der Waals surface area contributed by atoms with Crippen LogP contribution in [0.5, 0.6) is 5.75 Å². The van der Waals surface area contributed by atoms with Crippen molar-refractivity contribution < 1.29 is 9.53 Å². The highest BCUT2D eigenvalue weighted by Gasteiger charge is 2.23. The first-order valence-corrected chi connectivity index (χ1v) is 8.39. The van der Waals surface area contributed by atoms with Crippen molar-refractivity contribution in [3.63, 3.8) is 0 Å². The molecule has 0 bridgehead atoms. The minimum Gasteiger partial charge on any atom is -0.491 e. The van der Waals surface area contributed by atoms with Crippen LogP contribution in [0.2, 0.25) is 0 Å². The van der Waals surface area contributed by atoms with Gasteiger partial charge in [-0.15, -0.1) is 0 Å². The third kappa shape index (κ3) is 3.54. The Bertz CT molecular complexity index is 892. The molecule has 1 aliphatic rings. The molecule has 1 aromatic heterocycles. The van der Waals surface area contributed by atoms with Crippen LogP contribution in [-0.4, -0.2) is 48.7 Å². The molecule has 134 valence electrons. The second-order valence-electron chi connectivity index (χ2n) is 6.01. The van der Waals surface area contributed by atoms with Gasteiger partial charge in [0.05, 0.1) is 18.4 Å². The number of piperazine rings is 1. The molecule has 1 aromatic carbocycles. The Labute approximate surface area is 151 Å². The minimum atomic E-state index is -0.315. The predicted molar refractivity (Wildman–Crippen MR) is 97.2 cm³/mol.